The van der Waals surface area contributed by atoms with Gasteiger partial charge in [0, 0.05) is 32.4 Å². The number of carbonyl (C=O) groups is 2. The zero-order chi connectivity index (χ0) is 24.2. The molecule has 1 unspecified atom stereocenters. The summed E-state index contributed by atoms with van der Waals surface area (Å²) in [5, 5.41) is 16.0. The first-order valence-electron chi connectivity index (χ1n) is 11.7. The molecule has 11 heteroatoms. The molecule has 11 nitrogen and oxygen atoms in total. The van der Waals surface area contributed by atoms with Gasteiger partial charge in [-0.3, -0.25) is 14.2 Å². The Kier molecular flexibility index (Phi) is 7.29. The van der Waals surface area contributed by atoms with Gasteiger partial charge >= 0.3 is 0 Å². The zero-order valence-electron chi connectivity index (χ0n) is 19.5. The summed E-state index contributed by atoms with van der Waals surface area (Å²) in [6.45, 7) is 2.30. The monoisotopic (exact) mass is 469 g/mol. The number of nitrogens with one attached hydrogen (secondary N) is 2. The molecule has 0 radical (unpaired) electrons. The Balaban J connectivity index is 1.47. The van der Waals surface area contributed by atoms with Crippen LogP contribution in [0.2, 0.25) is 0 Å². The van der Waals surface area contributed by atoms with Crippen LogP contribution in [0.1, 0.15) is 57.5 Å². The zero-order valence-corrected chi connectivity index (χ0v) is 19.5. The maximum atomic E-state index is 12.1. The van der Waals surface area contributed by atoms with Crippen molar-refractivity contribution in [2.45, 2.75) is 63.9 Å². The average Bonchev–Trinajstić information content (AvgIpc) is 3.43. The largest absolute Gasteiger partial charge is 0.388 e. The van der Waals surface area contributed by atoms with E-state index in [9.17, 15) is 14.7 Å². The Morgan fingerprint density at radius 3 is 2.74 bits per heavy atom. The van der Waals surface area contributed by atoms with Gasteiger partial charge in [-0.25, -0.2) is 15.0 Å². The molecular formula is C23H31N7O4. The minimum atomic E-state index is -0.902. The maximum Gasteiger partial charge on any atom is 0.249 e. The minimum absolute atomic E-state index is 0.0980. The van der Waals surface area contributed by atoms with Gasteiger partial charge in [-0.05, 0) is 44.4 Å². The molecule has 2 amide bonds. The molecule has 2 aromatic rings. The predicted molar refractivity (Wildman–Crippen MR) is 124 cm³/mol. The number of ether oxygens (including phenoxy) is 1. The summed E-state index contributed by atoms with van der Waals surface area (Å²) in [5.41, 5.74) is 6.87. The van der Waals surface area contributed by atoms with Gasteiger partial charge in [0.1, 0.15) is 17.7 Å². The van der Waals surface area contributed by atoms with Crippen LogP contribution in [0.3, 0.4) is 0 Å². The second kappa shape index (κ2) is 10.4. The number of hydrogen-bond donors (Lipinski definition) is 4. The Labute approximate surface area is 197 Å². The molecule has 1 aliphatic heterocycles. The van der Waals surface area contributed by atoms with E-state index >= 15 is 0 Å². The van der Waals surface area contributed by atoms with E-state index in [1.807, 2.05) is 6.92 Å². The summed E-state index contributed by atoms with van der Waals surface area (Å²) < 4.78 is 7.38. The molecule has 34 heavy (non-hydrogen) atoms. The number of amides is 2. The van der Waals surface area contributed by atoms with Gasteiger partial charge < -0.3 is 26.2 Å². The highest BCUT2D eigenvalue weighted by Gasteiger charge is 2.39. The van der Waals surface area contributed by atoms with Crippen LogP contribution in [0, 0.1) is 23.7 Å². The lowest BCUT2D eigenvalue weighted by atomic mass is 9.80. The summed E-state index contributed by atoms with van der Waals surface area (Å²) in [7, 11) is 1.68. The van der Waals surface area contributed by atoms with Crippen molar-refractivity contribution in [1.82, 2.24) is 30.2 Å². The van der Waals surface area contributed by atoms with Crippen molar-refractivity contribution in [1.29, 1.82) is 0 Å². The van der Waals surface area contributed by atoms with Crippen molar-refractivity contribution in [2.24, 2.45) is 11.8 Å². The van der Waals surface area contributed by atoms with Crippen LogP contribution >= 0.6 is 0 Å². The number of anilines is 1. The molecule has 3 atom stereocenters. The standard InChI is InChI=1S/C23H31N7O4/c1-3-26-22(33)16-11-15(31)23(34-16)30-12-27-18-19(24)28-17(29-20(18)30)6-4-5-13-7-9-14(10-8-13)21(32)25-2/h12-16,23,31H,3,5,7-11H2,1-2H3,(H,25,32)(H,26,33)(H2,24,28,29)/t13?,14?,15?,16-,23+/m0/s1. The fourth-order valence-electron chi connectivity index (χ4n) is 4.65. The van der Waals surface area contributed by atoms with Crippen molar-refractivity contribution < 1.29 is 19.4 Å². The van der Waals surface area contributed by atoms with Gasteiger partial charge in [0.05, 0.1) is 6.33 Å². The number of imidazole rings is 1. The number of nitrogen functional groups attached to an aromatic ring is 1. The second-order valence-electron chi connectivity index (χ2n) is 8.81. The van der Waals surface area contributed by atoms with Crippen molar-refractivity contribution in [3.05, 3.63) is 12.2 Å². The van der Waals surface area contributed by atoms with E-state index < -0.39 is 18.4 Å². The van der Waals surface area contributed by atoms with E-state index in [4.69, 9.17) is 10.5 Å². The Bertz CT molecular complexity index is 1110. The summed E-state index contributed by atoms with van der Waals surface area (Å²) >= 11 is 0. The number of carbonyl (C=O) groups excluding carboxylic acids is 2. The van der Waals surface area contributed by atoms with Gasteiger partial charge in [0.2, 0.25) is 17.6 Å². The third-order valence-corrected chi connectivity index (χ3v) is 6.51. The second-order valence-corrected chi connectivity index (χ2v) is 8.81. The lowest BCUT2D eigenvalue weighted by Gasteiger charge is -2.26. The number of fused-ring (bicyclic) bond motifs is 1. The van der Waals surface area contributed by atoms with Crippen LogP contribution in [-0.2, 0) is 14.3 Å². The highest BCUT2D eigenvalue weighted by Crippen LogP contribution is 2.32. The SMILES string of the molecule is CCNC(=O)[C@@H]1CC(O)[C@H](n2cnc3c(N)nc(C#CCC4CCC(C(=O)NC)CC4)nc32)O1. The average molecular weight is 470 g/mol. The molecule has 5 N–H and O–H groups in total. The number of likely N-dealkylation sites (N-methyl/N-ethyl adjacent to an activating group) is 1. The van der Waals surface area contributed by atoms with Gasteiger partial charge in [-0.1, -0.05) is 5.92 Å². The molecule has 2 aromatic heterocycles. The highest BCUT2D eigenvalue weighted by atomic mass is 16.5. The lowest BCUT2D eigenvalue weighted by molar-refractivity contribution is -0.134. The third-order valence-electron chi connectivity index (χ3n) is 6.51. The normalized spacial score (nSPS) is 26.6. The number of nitrogens with zero attached hydrogens (tertiary/aromatic N) is 4. The van der Waals surface area contributed by atoms with E-state index in [2.05, 4.69) is 37.4 Å². The molecule has 4 rings (SSSR count). The van der Waals surface area contributed by atoms with Crippen LogP contribution in [0.4, 0.5) is 5.82 Å². The Hall–Kier alpha value is -3.23. The van der Waals surface area contributed by atoms with Crippen molar-refractivity contribution in [3.63, 3.8) is 0 Å². The molecule has 0 spiro atoms. The van der Waals surface area contributed by atoms with Crippen LogP contribution in [0.15, 0.2) is 6.33 Å². The molecule has 2 fully saturated rings. The summed E-state index contributed by atoms with van der Waals surface area (Å²) in [4.78, 5) is 37.0. The molecule has 1 saturated heterocycles. The highest BCUT2D eigenvalue weighted by molar-refractivity contribution is 5.83. The molecular weight excluding hydrogens is 438 g/mol. The van der Waals surface area contributed by atoms with E-state index in [-0.39, 0.29) is 35.8 Å². The number of aliphatic hydroxyl groups excluding tert-OH is 1. The first kappa shape index (κ1) is 23.9. The van der Waals surface area contributed by atoms with Crippen molar-refractivity contribution in [2.75, 3.05) is 19.3 Å². The van der Waals surface area contributed by atoms with E-state index in [0.717, 1.165) is 25.7 Å². The smallest absolute Gasteiger partial charge is 0.249 e. The van der Waals surface area contributed by atoms with Crippen molar-refractivity contribution >= 4 is 28.8 Å². The van der Waals surface area contributed by atoms with Gasteiger partial charge in [0.25, 0.3) is 0 Å². The number of hydrogen-bond acceptors (Lipinski definition) is 8. The molecule has 1 aliphatic carbocycles. The summed E-state index contributed by atoms with van der Waals surface area (Å²) in [5.74, 6) is 6.98. The van der Waals surface area contributed by atoms with E-state index in [1.165, 1.54) is 6.33 Å². The molecule has 0 bridgehead atoms. The predicted octanol–water partition coefficient (Wildman–Crippen LogP) is 0.487. The minimum Gasteiger partial charge on any atom is -0.388 e. The van der Waals surface area contributed by atoms with Gasteiger partial charge in [0.15, 0.2) is 17.7 Å². The van der Waals surface area contributed by atoms with Crippen LogP contribution in [-0.4, -0.2) is 62.2 Å². The lowest BCUT2D eigenvalue weighted by Crippen LogP contribution is -2.34. The summed E-state index contributed by atoms with van der Waals surface area (Å²) in [6, 6.07) is 0. The number of aromatic nitrogens is 4. The van der Waals surface area contributed by atoms with Gasteiger partial charge in [-0.2, -0.15) is 0 Å². The molecule has 2 aliphatic rings. The quantitative estimate of drug-likeness (QED) is 0.461. The number of nitrogens with two attached hydrogens (primary N) is 1. The first-order chi connectivity index (χ1) is 16.4. The van der Waals surface area contributed by atoms with Crippen LogP contribution in [0.25, 0.3) is 11.2 Å². The molecule has 1 saturated carbocycles. The number of rotatable bonds is 5. The fraction of sp³-hybridized carbons (Fsp3) is 0.609. The topological polar surface area (TPSA) is 157 Å². The molecule has 0 aromatic carbocycles. The molecule has 182 valence electrons. The number of aliphatic hydroxyl groups is 1. The maximum absolute atomic E-state index is 12.1. The Morgan fingerprint density at radius 2 is 2.03 bits per heavy atom. The first-order valence-corrected chi connectivity index (χ1v) is 11.7. The third kappa shape index (κ3) is 4.98. The fourth-order valence-corrected chi connectivity index (χ4v) is 4.65. The Morgan fingerprint density at radius 1 is 1.26 bits per heavy atom. The van der Waals surface area contributed by atoms with E-state index in [0.29, 0.717) is 30.0 Å². The molecule has 3 heterocycles. The van der Waals surface area contributed by atoms with Crippen LogP contribution < -0.4 is 16.4 Å². The van der Waals surface area contributed by atoms with Gasteiger partial charge in [-0.15, -0.1) is 0 Å². The summed E-state index contributed by atoms with van der Waals surface area (Å²) in [6.07, 6.45) is 3.55. The van der Waals surface area contributed by atoms with Crippen LogP contribution in [0.5, 0.6) is 0 Å². The van der Waals surface area contributed by atoms with E-state index in [1.54, 1.807) is 11.6 Å². The van der Waals surface area contributed by atoms with Crippen molar-refractivity contribution in [3.8, 4) is 11.8 Å².